The van der Waals surface area contributed by atoms with Gasteiger partial charge in [-0.1, -0.05) is 39.8 Å². The van der Waals surface area contributed by atoms with Gasteiger partial charge in [0.25, 0.3) is 0 Å². The minimum atomic E-state index is -3.42. The van der Waals surface area contributed by atoms with Crippen molar-refractivity contribution in [1.29, 1.82) is 0 Å². The fourth-order valence-corrected chi connectivity index (χ4v) is 3.35. The van der Waals surface area contributed by atoms with Crippen LogP contribution in [0.3, 0.4) is 0 Å². The molecule has 0 aliphatic rings. The molecule has 0 aromatic heterocycles. The molecule has 1 amide bonds. The van der Waals surface area contributed by atoms with Crippen molar-refractivity contribution >= 4 is 21.6 Å². The predicted molar refractivity (Wildman–Crippen MR) is 95.1 cm³/mol. The minimum absolute atomic E-state index is 0.0478. The first kappa shape index (κ1) is 19.6. The molecule has 1 atom stereocenters. The first-order chi connectivity index (χ1) is 10.4. The van der Waals surface area contributed by atoms with E-state index in [0.717, 1.165) is 6.26 Å². The fraction of sp³-hybridized carbons (Fsp3) is 0.588. The van der Waals surface area contributed by atoms with Crippen LogP contribution in [0, 0.1) is 0 Å². The zero-order chi connectivity index (χ0) is 17.8. The van der Waals surface area contributed by atoms with Crippen molar-refractivity contribution in [2.24, 2.45) is 0 Å². The molecule has 0 fully saturated rings. The average molecular weight is 340 g/mol. The van der Waals surface area contributed by atoms with E-state index in [0.29, 0.717) is 12.1 Å². The molecule has 1 aromatic carbocycles. The number of amides is 1. The van der Waals surface area contributed by atoms with E-state index in [1.165, 1.54) is 9.87 Å². The number of nitrogens with one attached hydrogen (secondary N) is 1. The van der Waals surface area contributed by atoms with E-state index < -0.39 is 10.0 Å². The number of hydrogen-bond acceptors (Lipinski definition) is 3. The molecule has 0 aliphatic carbocycles. The Balaban J connectivity index is 2.79. The number of rotatable bonds is 6. The van der Waals surface area contributed by atoms with Gasteiger partial charge in [0.05, 0.1) is 12.8 Å². The predicted octanol–water partition coefficient (Wildman–Crippen LogP) is 2.98. The van der Waals surface area contributed by atoms with Gasteiger partial charge in [0.15, 0.2) is 0 Å². The Morgan fingerprint density at radius 3 is 2.13 bits per heavy atom. The Morgan fingerprint density at radius 1 is 1.22 bits per heavy atom. The second-order valence-corrected chi connectivity index (χ2v) is 8.88. The molecule has 1 N–H and O–H groups in total. The SMILES string of the molecule is CCC(C)N(CC(=O)Nc1ccc(C(C)(C)C)cc1)S(C)(=O)=O. The highest BCUT2D eigenvalue weighted by Crippen LogP contribution is 2.23. The van der Waals surface area contributed by atoms with Gasteiger partial charge in [-0.15, -0.1) is 0 Å². The lowest BCUT2D eigenvalue weighted by atomic mass is 9.87. The summed E-state index contributed by atoms with van der Waals surface area (Å²) in [6.45, 7) is 9.89. The summed E-state index contributed by atoms with van der Waals surface area (Å²) in [4.78, 5) is 12.2. The van der Waals surface area contributed by atoms with Gasteiger partial charge in [-0.3, -0.25) is 4.79 Å². The topological polar surface area (TPSA) is 66.5 Å². The Morgan fingerprint density at radius 2 is 1.74 bits per heavy atom. The van der Waals surface area contributed by atoms with Crippen LogP contribution in [-0.4, -0.2) is 37.5 Å². The maximum absolute atomic E-state index is 12.2. The van der Waals surface area contributed by atoms with Gasteiger partial charge >= 0.3 is 0 Å². The van der Waals surface area contributed by atoms with Crippen molar-refractivity contribution in [2.75, 3.05) is 18.1 Å². The van der Waals surface area contributed by atoms with Gasteiger partial charge in [-0.05, 0) is 36.5 Å². The molecule has 1 unspecified atom stereocenters. The maximum Gasteiger partial charge on any atom is 0.239 e. The second-order valence-electron chi connectivity index (χ2n) is 6.94. The van der Waals surface area contributed by atoms with Crippen LogP contribution >= 0.6 is 0 Å². The quantitative estimate of drug-likeness (QED) is 0.866. The molecule has 130 valence electrons. The third-order valence-electron chi connectivity index (χ3n) is 3.84. The Kier molecular flexibility index (Phi) is 6.36. The van der Waals surface area contributed by atoms with Gasteiger partial charge in [-0.25, -0.2) is 8.42 Å². The summed E-state index contributed by atoms with van der Waals surface area (Å²) in [5, 5.41) is 2.76. The van der Waals surface area contributed by atoms with E-state index in [4.69, 9.17) is 0 Å². The number of nitrogens with zero attached hydrogens (tertiary/aromatic N) is 1. The molecule has 23 heavy (non-hydrogen) atoms. The normalized spacial score (nSPS) is 13.9. The van der Waals surface area contributed by atoms with E-state index in [9.17, 15) is 13.2 Å². The van der Waals surface area contributed by atoms with Crippen molar-refractivity contribution in [3.63, 3.8) is 0 Å². The average Bonchev–Trinajstić information content (AvgIpc) is 2.42. The van der Waals surface area contributed by atoms with Crippen LogP contribution in [0.5, 0.6) is 0 Å². The van der Waals surface area contributed by atoms with Crippen LogP contribution < -0.4 is 5.32 Å². The first-order valence-electron chi connectivity index (χ1n) is 7.82. The van der Waals surface area contributed by atoms with Crippen molar-refractivity contribution in [3.8, 4) is 0 Å². The highest BCUT2D eigenvalue weighted by molar-refractivity contribution is 7.88. The summed E-state index contributed by atoms with van der Waals surface area (Å²) < 4.78 is 24.9. The number of sulfonamides is 1. The number of carbonyl (C=O) groups excluding carboxylic acids is 1. The molecule has 5 nitrogen and oxygen atoms in total. The van der Waals surface area contributed by atoms with E-state index in [-0.39, 0.29) is 23.9 Å². The standard InChI is InChI=1S/C17H28N2O3S/c1-7-13(2)19(23(6,21)22)12-16(20)18-15-10-8-14(9-11-15)17(3,4)5/h8-11,13H,7,12H2,1-6H3,(H,18,20). The fourth-order valence-electron chi connectivity index (χ4n) is 2.20. The maximum atomic E-state index is 12.2. The molecule has 1 aromatic rings. The zero-order valence-electron chi connectivity index (χ0n) is 14.9. The summed E-state index contributed by atoms with van der Waals surface area (Å²) in [5.41, 5.74) is 1.89. The third kappa shape index (κ3) is 5.95. The monoisotopic (exact) mass is 340 g/mol. The zero-order valence-corrected chi connectivity index (χ0v) is 15.7. The molecule has 0 bridgehead atoms. The van der Waals surface area contributed by atoms with Crippen molar-refractivity contribution in [3.05, 3.63) is 29.8 Å². The highest BCUT2D eigenvalue weighted by Gasteiger charge is 2.24. The summed E-state index contributed by atoms with van der Waals surface area (Å²) >= 11 is 0. The van der Waals surface area contributed by atoms with Crippen LogP contribution in [0.1, 0.15) is 46.6 Å². The van der Waals surface area contributed by atoms with E-state index in [1.54, 1.807) is 6.92 Å². The van der Waals surface area contributed by atoms with Gasteiger partial charge in [-0.2, -0.15) is 4.31 Å². The lowest BCUT2D eigenvalue weighted by Crippen LogP contribution is -2.42. The van der Waals surface area contributed by atoms with Crippen LogP contribution in [0.2, 0.25) is 0 Å². The summed E-state index contributed by atoms with van der Waals surface area (Å²) in [6, 6.07) is 7.41. The molecule has 0 radical (unpaired) electrons. The van der Waals surface area contributed by atoms with Crippen molar-refractivity contribution in [1.82, 2.24) is 4.31 Å². The first-order valence-corrected chi connectivity index (χ1v) is 9.67. The number of anilines is 1. The Labute approximate surface area is 140 Å². The summed E-state index contributed by atoms with van der Waals surface area (Å²) in [5.74, 6) is -0.334. The lowest BCUT2D eigenvalue weighted by molar-refractivity contribution is -0.116. The molecular formula is C17H28N2O3S. The lowest BCUT2D eigenvalue weighted by Gasteiger charge is -2.25. The highest BCUT2D eigenvalue weighted by atomic mass is 32.2. The molecule has 0 heterocycles. The molecule has 6 heteroatoms. The summed E-state index contributed by atoms with van der Waals surface area (Å²) in [6.07, 6.45) is 1.78. The molecule has 0 saturated carbocycles. The largest absolute Gasteiger partial charge is 0.325 e. The van der Waals surface area contributed by atoms with Gasteiger partial charge in [0.2, 0.25) is 15.9 Å². The van der Waals surface area contributed by atoms with Crippen LogP contribution in [0.4, 0.5) is 5.69 Å². The molecule has 0 aliphatic heterocycles. The van der Waals surface area contributed by atoms with Crippen LogP contribution in [-0.2, 0) is 20.2 Å². The van der Waals surface area contributed by atoms with Crippen LogP contribution in [0.25, 0.3) is 0 Å². The third-order valence-corrected chi connectivity index (χ3v) is 5.18. The molecule has 1 rings (SSSR count). The minimum Gasteiger partial charge on any atom is -0.325 e. The van der Waals surface area contributed by atoms with Gasteiger partial charge < -0.3 is 5.32 Å². The van der Waals surface area contributed by atoms with E-state index in [1.807, 2.05) is 31.2 Å². The summed E-state index contributed by atoms with van der Waals surface area (Å²) in [7, 11) is -3.42. The number of carbonyl (C=O) groups is 1. The van der Waals surface area contributed by atoms with E-state index >= 15 is 0 Å². The number of benzene rings is 1. The van der Waals surface area contributed by atoms with Gasteiger partial charge in [0.1, 0.15) is 0 Å². The van der Waals surface area contributed by atoms with Crippen molar-refractivity contribution in [2.45, 2.75) is 52.5 Å². The van der Waals surface area contributed by atoms with E-state index in [2.05, 4.69) is 26.1 Å². The Hall–Kier alpha value is -1.40. The van der Waals surface area contributed by atoms with Gasteiger partial charge in [0, 0.05) is 11.7 Å². The smallest absolute Gasteiger partial charge is 0.239 e. The molecular weight excluding hydrogens is 312 g/mol. The van der Waals surface area contributed by atoms with Crippen LogP contribution in [0.15, 0.2) is 24.3 Å². The number of hydrogen-bond donors (Lipinski definition) is 1. The van der Waals surface area contributed by atoms with Crippen molar-refractivity contribution < 1.29 is 13.2 Å². The molecule has 0 saturated heterocycles. The second kappa shape index (κ2) is 7.45. The molecule has 0 spiro atoms. The Bertz CT molecular complexity index is 631.